The molecule has 0 saturated carbocycles. The van der Waals surface area contributed by atoms with Gasteiger partial charge in [0.05, 0.1) is 17.6 Å². The molecular formula is C9H14N4O. The quantitative estimate of drug-likeness (QED) is 0.305. The number of hydrogen-bond acceptors (Lipinski definition) is 5. The number of pyridine rings is 1. The van der Waals surface area contributed by atoms with Crippen LogP contribution in [0, 0.1) is 0 Å². The van der Waals surface area contributed by atoms with Gasteiger partial charge < -0.3 is 15.5 Å². The molecular weight excluding hydrogens is 180 g/mol. The van der Waals surface area contributed by atoms with Crippen LogP contribution in [0.15, 0.2) is 18.5 Å². The smallest absolute Gasteiger partial charge is 0.120 e. The Labute approximate surface area is 82.7 Å². The van der Waals surface area contributed by atoms with E-state index in [2.05, 4.69) is 4.98 Å². The van der Waals surface area contributed by atoms with Crippen LogP contribution in [0.5, 0.6) is 0 Å². The van der Waals surface area contributed by atoms with Gasteiger partial charge in [0.1, 0.15) is 6.29 Å². The van der Waals surface area contributed by atoms with Crippen molar-refractivity contribution in [2.75, 3.05) is 17.3 Å². The summed E-state index contributed by atoms with van der Waals surface area (Å²) in [5.74, 6) is 5.73. The number of nitrogens with two attached hydrogens (primary N) is 2. The number of aromatic nitrogens is 1. The van der Waals surface area contributed by atoms with Crippen molar-refractivity contribution in [2.45, 2.75) is 12.8 Å². The molecule has 1 rings (SSSR count). The van der Waals surface area contributed by atoms with E-state index in [9.17, 15) is 4.79 Å². The van der Waals surface area contributed by atoms with Gasteiger partial charge in [0.15, 0.2) is 0 Å². The predicted molar refractivity (Wildman–Crippen MR) is 55.5 cm³/mol. The van der Waals surface area contributed by atoms with Crippen molar-refractivity contribution in [3.63, 3.8) is 0 Å². The van der Waals surface area contributed by atoms with Crippen molar-refractivity contribution < 1.29 is 4.79 Å². The zero-order valence-corrected chi connectivity index (χ0v) is 7.89. The third-order valence-electron chi connectivity index (χ3n) is 1.86. The highest BCUT2D eigenvalue weighted by molar-refractivity contribution is 5.65. The molecule has 0 aliphatic carbocycles. The summed E-state index contributed by atoms with van der Waals surface area (Å²) in [5, 5.41) is 1.51. The molecule has 0 fully saturated rings. The van der Waals surface area contributed by atoms with Crippen LogP contribution in [0.2, 0.25) is 0 Å². The Bertz CT molecular complexity index is 303. The van der Waals surface area contributed by atoms with E-state index in [-0.39, 0.29) is 0 Å². The van der Waals surface area contributed by atoms with Crippen LogP contribution in [0.4, 0.5) is 11.4 Å². The van der Waals surface area contributed by atoms with E-state index in [1.165, 1.54) is 5.01 Å². The Morgan fingerprint density at radius 3 is 3.00 bits per heavy atom. The average molecular weight is 194 g/mol. The summed E-state index contributed by atoms with van der Waals surface area (Å²) in [7, 11) is 0. The van der Waals surface area contributed by atoms with E-state index in [1.54, 1.807) is 18.5 Å². The van der Waals surface area contributed by atoms with E-state index in [4.69, 9.17) is 11.6 Å². The van der Waals surface area contributed by atoms with E-state index < -0.39 is 0 Å². The maximum absolute atomic E-state index is 10.1. The molecule has 76 valence electrons. The molecule has 14 heavy (non-hydrogen) atoms. The first-order valence-electron chi connectivity index (χ1n) is 4.41. The Hall–Kier alpha value is -1.62. The zero-order valence-electron chi connectivity index (χ0n) is 7.89. The largest absolute Gasteiger partial charge is 0.397 e. The molecule has 0 unspecified atom stereocenters. The number of unbranched alkanes of at least 4 members (excludes halogenated alkanes) is 1. The fraction of sp³-hybridized carbons (Fsp3) is 0.333. The number of aldehydes is 1. The predicted octanol–water partition coefficient (Wildman–Crippen LogP) is 0.323. The number of hydrogen-bond donors (Lipinski definition) is 2. The van der Waals surface area contributed by atoms with Crippen LogP contribution in [-0.4, -0.2) is 17.8 Å². The molecule has 5 heteroatoms. The minimum Gasteiger partial charge on any atom is -0.397 e. The van der Waals surface area contributed by atoms with Crippen molar-refractivity contribution in [1.29, 1.82) is 0 Å². The van der Waals surface area contributed by atoms with Crippen LogP contribution >= 0.6 is 0 Å². The number of carbonyl (C=O) groups excluding carboxylic acids is 1. The van der Waals surface area contributed by atoms with Crippen molar-refractivity contribution in [3.8, 4) is 0 Å². The number of rotatable bonds is 5. The third kappa shape index (κ3) is 2.70. The molecule has 0 aliphatic rings. The topological polar surface area (TPSA) is 85.2 Å². The molecule has 0 aromatic carbocycles. The second kappa shape index (κ2) is 5.18. The summed E-state index contributed by atoms with van der Waals surface area (Å²) < 4.78 is 0. The standard InChI is InChI=1S/C9H14N4O/c10-8-3-4-12-7-9(8)13(11)5-1-2-6-14/h3-4,6-7H,1-2,5,11H2,(H2,10,12). The third-order valence-corrected chi connectivity index (χ3v) is 1.86. The highest BCUT2D eigenvalue weighted by atomic mass is 16.1. The number of nitrogens with zero attached hydrogens (tertiary/aromatic N) is 2. The maximum Gasteiger partial charge on any atom is 0.120 e. The summed E-state index contributed by atoms with van der Waals surface area (Å²) in [6.07, 6.45) is 5.32. The molecule has 1 aromatic heterocycles. The molecule has 0 saturated heterocycles. The second-order valence-corrected chi connectivity index (χ2v) is 2.94. The molecule has 1 heterocycles. The van der Waals surface area contributed by atoms with Gasteiger partial charge in [-0.1, -0.05) is 0 Å². The fourth-order valence-electron chi connectivity index (χ4n) is 1.10. The number of nitrogen functional groups attached to an aromatic ring is 1. The van der Waals surface area contributed by atoms with Crippen LogP contribution in [0.3, 0.4) is 0 Å². The fourth-order valence-corrected chi connectivity index (χ4v) is 1.10. The van der Waals surface area contributed by atoms with Crippen LogP contribution in [-0.2, 0) is 4.79 Å². The first-order chi connectivity index (χ1) is 6.75. The highest BCUT2D eigenvalue weighted by Gasteiger charge is 2.04. The summed E-state index contributed by atoms with van der Waals surface area (Å²) in [5.41, 5.74) is 6.98. The Balaban J connectivity index is 2.55. The monoisotopic (exact) mass is 194 g/mol. The molecule has 4 N–H and O–H groups in total. The normalized spacial score (nSPS) is 9.79. The molecule has 0 amide bonds. The second-order valence-electron chi connectivity index (χ2n) is 2.94. The van der Waals surface area contributed by atoms with E-state index in [0.717, 1.165) is 6.29 Å². The van der Waals surface area contributed by atoms with Gasteiger partial charge in [-0.25, -0.2) is 5.84 Å². The minimum absolute atomic E-state index is 0.508. The molecule has 0 spiro atoms. The minimum atomic E-state index is 0.508. The first kappa shape index (κ1) is 10.5. The highest BCUT2D eigenvalue weighted by Crippen LogP contribution is 2.18. The van der Waals surface area contributed by atoms with Crippen molar-refractivity contribution in [1.82, 2.24) is 4.98 Å². The van der Waals surface area contributed by atoms with E-state index >= 15 is 0 Å². The van der Waals surface area contributed by atoms with E-state index in [1.807, 2.05) is 0 Å². The summed E-state index contributed by atoms with van der Waals surface area (Å²) >= 11 is 0. The van der Waals surface area contributed by atoms with Crippen LogP contribution < -0.4 is 16.6 Å². The first-order valence-corrected chi connectivity index (χ1v) is 4.41. The zero-order chi connectivity index (χ0) is 10.4. The molecule has 0 bridgehead atoms. The van der Waals surface area contributed by atoms with Gasteiger partial charge >= 0.3 is 0 Å². The lowest BCUT2D eigenvalue weighted by molar-refractivity contribution is -0.107. The molecule has 1 aromatic rings. The van der Waals surface area contributed by atoms with Gasteiger partial charge in [0.25, 0.3) is 0 Å². The Kier molecular flexibility index (Phi) is 3.87. The lowest BCUT2D eigenvalue weighted by atomic mass is 10.3. The summed E-state index contributed by atoms with van der Waals surface area (Å²) in [6.45, 7) is 0.592. The van der Waals surface area contributed by atoms with Gasteiger partial charge in [0, 0.05) is 19.2 Å². The lowest BCUT2D eigenvalue weighted by Gasteiger charge is -2.18. The molecule has 0 atom stereocenters. The summed E-state index contributed by atoms with van der Waals surface area (Å²) in [4.78, 5) is 14.0. The number of hydrazine groups is 1. The SMILES string of the molecule is Nc1ccncc1N(N)CCCC=O. The Morgan fingerprint density at radius 1 is 1.57 bits per heavy atom. The number of anilines is 2. The number of carbonyl (C=O) groups is 1. The molecule has 0 aliphatic heterocycles. The van der Waals surface area contributed by atoms with Crippen molar-refractivity contribution >= 4 is 17.7 Å². The molecule has 0 radical (unpaired) electrons. The van der Waals surface area contributed by atoms with Crippen molar-refractivity contribution in [3.05, 3.63) is 18.5 Å². The van der Waals surface area contributed by atoms with Crippen LogP contribution in [0.25, 0.3) is 0 Å². The maximum atomic E-state index is 10.1. The summed E-state index contributed by atoms with van der Waals surface area (Å²) in [6, 6.07) is 1.69. The van der Waals surface area contributed by atoms with Gasteiger partial charge in [0.2, 0.25) is 0 Å². The van der Waals surface area contributed by atoms with Gasteiger partial charge in [-0.3, -0.25) is 4.98 Å². The molecule has 5 nitrogen and oxygen atoms in total. The average Bonchev–Trinajstić information content (AvgIpc) is 2.18. The Morgan fingerprint density at radius 2 is 2.36 bits per heavy atom. The lowest BCUT2D eigenvalue weighted by Crippen LogP contribution is -2.32. The van der Waals surface area contributed by atoms with Crippen molar-refractivity contribution in [2.24, 2.45) is 5.84 Å². The van der Waals surface area contributed by atoms with Crippen LogP contribution in [0.1, 0.15) is 12.8 Å². The van der Waals surface area contributed by atoms with Gasteiger partial charge in [-0.2, -0.15) is 0 Å². The van der Waals surface area contributed by atoms with Gasteiger partial charge in [-0.05, 0) is 12.5 Å². The van der Waals surface area contributed by atoms with Gasteiger partial charge in [-0.15, -0.1) is 0 Å². The van der Waals surface area contributed by atoms with E-state index in [0.29, 0.717) is 30.8 Å².